The van der Waals surface area contributed by atoms with Crippen LogP contribution >= 0.6 is 11.6 Å². The van der Waals surface area contributed by atoms with Crippen molar-refractivity contribution in [3.63, 3.8) is 0 Å². The Morgan fingerprint density at radius 1 is 1.21 bits per heavy atom. The molecule has 1 saturated heterocycles. The van der Waals surface area contributed by atoms with Crippen molar-refractivity contribution in [2.45, 2.75) is 12.8 Å². The Balaban J connectivity index is 1.64. The van der Waals surface area contributed by atoms with Gasteiger partial charge in [0.2, 0.25) is 11.8 Å². The topological polar surface area (TPSA) is 104 Å². The number of carbonyl (C=O) groups excluding carboxylic acids is 2. The standard InChI is InChI=1S/C21H22ClN5O2/c1-27-8-6-12(7-9-27)21(29)24-20-16-10-13(3-5-18(16)25-26-20)15-11-14(19(23)28)2-4-17(15)22/h2-5,10-12H,6-9H2,1H3,(H2,23,28)(H2,24,25,26,29). The van der Waals surface area contributed by atoms with Gasteiger partial charge in [-0.2, -0.15) is 5.10 Å². The van der Waals surface area contributed by atoms with Gasteiger partial charge in [-0.25, -0.2) is 0 Å². The minimum atomic E-state index is -0.515. The largest absolute Gasteiger partial charge is 0.366 e. The number of amides is 2. The molecule has 0 atom stereocenters. The number of hydrogen-bond acceptors (Lipinski definition) is 4. The number of rotatable bonds is 4. The zero-order chi connectivity index (χ0) is 20.5. The van der Waals surface area contributed by atoms with Crippen molar-refractivity contribution >= 4 is 40.1 Å². The molecule has 7 nitrogen and oxygen atoms in total. The summed E-state index contributed by atoms with van der Waals surface area (Å²) < 4.78 is 0. The Morgan fingerprint density at radius 2 is 1.97 bits per heavy atom. The number of piperidine rings is 1. The second kappa shape index (κ2) is 7.85. The number of nitrogens with one attached hydrogen (secondary N) is 2. The highest BCUT2D eigenvalue weighted by Gasteiger charge is 2.24. The van der Waals surface area contributed by atoms with Crippen molar-refractivity contribution in [1.82, 2.24) is 15.1 Å². The zero-order valence-corrected chi connectivity index (χ0v) is 16.8. The summed E-state index contributed by atoms with van der Waals surface area (Å²) in [6.07, 6.45) is 1.68. The predicted molar refractivity (Wildman–Crippen MR) is 114 cm³/mol. The first-order valence-electron chi connectivity index (χ1n) is 9.49. The van der Waals surface area contributed by atoms with E-state index in [1.807, 2.05) is 18.2 Å². The number of hydrogen-bond donors (Lipinski definition) is 3. The first-order chi connectivity index (χ1) is 13.9. The molecule has 0 spiro atoms. The number of likely N-dealkylation sites (tertiary alicyclic amines) is 1. The molecule has 8 heteroatoms. The summed E-state index contributed by atoms with van der Waals surface area (Å²) in [7, 11) is 2.06. The van der Waals surface area contributed by atoms with Crippen LogP contribution in [0.1, 0.15) is 23.2 Å². The maximum Gasteiger partial charge on any atom is 0.248 e. The molecule has 3 aromatic rings. The fourth-order valence-corrected chi connectivity index (χ4v) is 3.89. The van der Waals surface area contributed by atoms with Crippen LogP contribution in [-0.4, -0.2) is 47.0 Å². The SMILES string of the molecule is CN1CCC(C(=O)Nc2n[nH]c3ccc(-c4cc(C(N)=O)ccc4Cl)cc23)CC1. The van der Waals surface area contributed by atoms with Crippen molar-refractivity contribution < 1.29 is 9.59 Å². The molecule has 2 heterocycles. The minimum Gasteiger partial charge on any atom is -0.366 e. The summed E-state index contributed by atoms with van der Waals surface area (Å²) in [5, 5.41) is 11.5. The van der Waals surface area contributed by atoms with E-state index in [9.17, 15) is 9.59 Å². The molecule has 1 fully saturated rings. The number of carbonyl (C=O) groups is 2. The van der Waals surface area contributed by atoms with Gasteiger partial charge in [-0.1, -0.05) is 17.7 Å². The van der Waals surface area contributed by atoms with Gasteiger partial charge in [0.05, 0.1) is 5.52 Å². The van der Waals surface area contributed by atoms with E-state index >= 15 is 0 Å². The maximum atomic E-state index is 12.7. The van der Waals surface area contributed by atoms with Crippen molar-refractivity contribution in [2.24, 2.45) is 11.7 Å². The Bertz CT molecular complexity index is 1090. The third-order valence-electron chi connectivity index (χ3n) is 5.46. The summed E-state index contributed by atoms with van der Waals surface area (Å²) in [5.41, 5.74) is 8.08. The molecule has 150 valence electrons. The number of fused-ring (bicyclic) bond motifs is 1. The summed E-state index contributed by atoms with van der Waals surface area (Å²) in [6.45, 7) is 1.83. The molecule has 2 aromatic carbocycles. The monoisotopic (exact) mass is 411 g/mol. The fraction of sp³-hybridized carbons (Fsp3) is 0.286. The van der Waals surface area contributed by atoms with Crippen LogP contribution < -0.4 is 11.1 Å². The molecule has 0 bridgehead atoms. The highest BCUT2D eigenvalue weighted by Crippen LogP contribution is 2.33. The number of benzene rings is 2. The van der Waals surface area contributed by atoms with E-state index in [2.05, 4.69) is 27.5 Å². The molecule has 4 N–H and O–H groups in total. The molecule has 1 aromatic heterocycles. The number of anilines is 1. The lowest BCUT2D eigenvalue weighted by atomic mass is 9.96. The average molecular weight is 412 g/mol. The maximum absolute atomic E-state index is 12.7. The van der Waals surface area contributed by atoms with Gasteiger partial charge in [0.25, 0.3) is 0 Å². The van der Waals surface area contributed by atoms with E-state index in [0.29, 0.717) is 22.0 Å². The Labute approximate surface area is 173 Å². The van der Waals surface area contributed by atoms with Crippen molar-refractivity contribution in [1.29, 1.82) is 0 Å². The summed E-state index contributed by atoms with van der Waals surface area (Å²) in [4.78, 5) is 26.4. The van der Waals surface area contributed by atoms with E-state index in [1.54, 1.807) is 18.2 Å². The number of aromatic amines is 1. The smallest absolute Gasteiger partial charge is 0.248 e. The second-order valence-corrected chi connectivity index (χ2v) is 7.87. The quantitative estimate of drug-likeness (QED) is 0.612. The molecule has 0 unspecified atom stereocenters. The number of halogens is 1. The van der Waals surface area contributed by atoms with Crippen LogP contribution in [0.3, 0.4) is 0 Å². The van der Waals surface area contributed by atoms with Crippen LogP contribution in [0.5, 0.6) is 0 Å². The minimum absolute atomic E-state index is 0.00865. The molecule has 0 aliphatic carbocycles. The first kappa shape index (κ1) is 19.4. The van der Waals surface area contributed by atoms with E-state index < -0.39 is 5.91 Å². The lowest BCUT2D eigenvalue weighted by molar-refractivity contribution is -0.121. The molecule has 0 saturated carbocycles. The Hall–Kier alpha value is -2.90. The highest BCUT2D eigenvalue weighted by molar-refractivity contribution is 6.33. The zero-order valence-electron chi connectivity index (χ0n) is 16.0. The van der Waals surface area contributed by atoms with Crippen LogP contribution in [0.15, 0.2) is 36.4 Å². The number of nitrogens with zero attached hydrogens (tertiary/aromatic N) is 2. The lowest BCUT2D eigenvalue weighted by Crippen LogP contribution is -2.36. The lowest BCUT2D eigenvalue weighted by Gasteiger charge is -2.27. The van der Waals surface area contributed by atoms with Gasteiger partial charge in [0, 0.05) is 27.5 Å². The van der Waals surface area contributed by atoms with Gasteiger partial charge < -0.3 is 16.0 Å². The van der Waals surface area contributed by atoms with E-state index in [1.165, 1.54) is 0 Å². The summed E-state index contributed by atoms with van der Waals surface area (Å²) in [6, 6.07) is 10.6. The molecular formula is C21H22ClN5O2. The van der Waals surface area contributed by atoms with Crippen molar-refractivity contribution in [3.8, 4) is 11.1 Å². The van der Waals surface area contributed by atoms with Crippen molar-refractivity contribution in [3.05, 3.63) is 47.0 Å². The van der Waals surface area contributed by atoms with E-state index in [0.717, 1.165) is 42.4 Å². The van der Waals surface area contributed by atoms with Crippen LogP contribution in [-0.2, 0) is 4.79 Å². The van der Waals surface area contributed by atoms with Gasteiger partial charge in [0.1, 0.15) is 0 Å². The van der Waals surface area contributed by atoms with Gasteiger partial charge in [-0.05, 0) is 68.9 Å². The molecule has 0 radical (unpaired) electrons. The van der Waals surface area contributed by atoms with Crippen LogP contribution in [0.2, 0.25) is 5.02 Å². The van der Waals surface area contributed by atoms with Gasteiger partial charge in [0.15, 0.2) is 5.82 Å². The average Bonchev–Trinajstić information content (AvgIpc) is 3.10. The van der Waals surface area contributed by atoms with Gasteiger partial charge in [-0.3, -0.25) is 14.7 Å². The number of nitrogens with two attached hydrogens (primary N) is 1. The third kappa shape index (κ3) is 3.97. The molecule has 4 rings (SSSR count). The number of H-pyrrole nitrogens is 1. The fourth-order valence-electron chi connectivity index (χ4n) is 3.67. The molecule has 1 aliphatic rings. The number of primary amides is 1. The predicted octanol–water partition coefficient (Wildman–Crippen LogP) is 3.26. The second-order valence-electron chi connectivity index (χ2n) is 7.46. The van der Waals surface area contributed by atoms with Crippen LogP contribution in [0, 0.1) is 5.92 Å². The van der Waals surface area contributed by atoms with Crippen molar-refractivity contribution in [2.75, 3.05) is 25.5 Å². The Kier molecular flexibility index (Phi) is 5.25. The van der Waals surface area contributed by atoms with E-state index in [-0.39, 0.29) is 11.8 Å². The summed E-state index contributed by atoms with van der Waals surface area (Å²) >= 11 is 6.35. The van der Waals surface area contributed by atoms with E-state index in [4.69, 9.17) is 17.3 Å². The Morgan fingerprint density at radius 3 is 2.69 bits per heavy atom. The van der Waals surface area contributed by atoms with Gasteiger partial charge >= 0.3 is 0 Å². The third-order valence-corrected chi connectivity index (χ3v) is 5.79. The molecule has 1 aliphatic heterocycles. The summed E-state index contributed by atoms with van der Waals surface area (Å²) in [5.74, 6) is -0.0418. The molecule has 2 amide bonds. The first-order valence-corrected chi connectivity index (χ1v) is 9.87. The van der Waals surface area contributed by atoms with Gasteiger partial charge in [-0.15, -0.1) is 0 Å². The molecule has 29 heavy (non-hydrogen) atoms. The van der Waals surface area contributed by atoms with Crippen LogP contribution in [0.4, 0.5) is 5.82 Å². The number of aromatic nitrogens is 2. The molecular weight excluding hydrogens is 390 g/mol. The van der Waals surface area contributed by atoms with Crippen LogP contribution in [0.25, 0.3) is 22.0 Å². The highest BCUT2D eigenvalue weighted by atomic mass is 35.5. The normalized spacial score (nSPS) is 15.5.